The van der Waals surface area contributed by atoms with Gasteiger partial charge in [-0.25, -0.2) is 12.8 Å². The Labute approximate surface area is 175 Å². The van der Waals surface area contributed by atoms with Gasteiger partial charge in [-0.15, -0.1) is 0 Å². The minimum atomic E-state index is -3.80. The van der Waals surface area contributed by atoms with Crippen molar-refractivity contribution in [3.05, 3.63) is 52.1 Å². The molecule has 158 valence electrons. The van der Waals surface area contributed by atoms with Crippen LogP contribution in [0.3, 0.4) is 0 Å². The monoisotopic (exact) mass is 441 g/mol. The zero-order valence-electron chi connectivity index (χ0n) is 16.9. The Morgan fingerprint density at radius 1 is 1.10 bits per heavy atom. The van der Waals surface area contributed by atoms with E-state index in [0.29, 0.717) is 18.7 Å². The van der Waals surface area contributed by atoms with Crippen molar-refractivity contribution in [2.45, 2.75) is 38.6 Å². The average Bonchev–Trinajstić information content (AvgIpc) is 2.97. The summed E-state index contributed by atoms with van der Waals surface area (Å²) in [6, 6.07) is 5.50. The number of amides is 1. The first-order chi connectivity index (χ1) is 13.5. The van der Waals surface area contributed by atoms with Gasteiger partial charge in [0.15, 0.2) is 0 Å². The van der Waals surface area contributed by atoms with Gasteiger partial charge in [-0.2, -0.15) is 4.31 Å². The minimum absolute atomic E-state index is 0.0517. The summed E-state index contributed by atoms with van der Waals surface area (Å²) in [6.45, 7) is 8.97. The topological polar surface area (TPSA) is 62.6 Å². The molecule has 1 amide bonds. The third-order valence-corrected chi connectivity index (χ3v) is 7.47. The largest absolute Gasteiger partial charge is 0.346 e. The minimum Gasteiger partial charge on any atom is -0.346 e. The summed E-state index contributed by atoms with van der Waals surface area (Å²) in [7, 11) is -3.80. The molecule has 1 fully saturated rings. The van der Waals surface area contributed by atoms with E-state index in [9.17, 15) is 17.6 Å². The Bertz CT molecular complexity index is 1040. The second-order valence-electron chi connectivity index (χ2n) is 7.52. The highest BCUT2D eigenvalue weighted by Gasteiger charge is 2.32. The summed E-state index contributed by atoms with van der Waals surface area (Å²) < 4.78 is 42.4. The molecule has 1 aliphatic heterocycles. The number of hydrogen-bond acceptors (Lipinski definition) is 3. The molecule has 2 heterocycles. The maximum Gasteiger partial charge on any atom is 0.255 e. The molecule has 0 spiro atoms. The second-order valence-corrected chi connectivity index (χ2v) is 9.87. The number of piperazine rings is 1. The van der Waals surface area contributed by atoms with Crippen LogP contribution in [-0.2, 0) is 10.0 Å². The Balaban J connectivity index is 1.74. The van der Waals surface area contributed by atoms with Crippen LogP contribution in [0.25, 0.3) is 0 Å². The van der Waals surface area contributed by atoms with Gasteiger partial charge in [0.2, 0.25) is 10.0 Å². The van der Waals surface area contributed by atoms with Crippen LogP contribution in [0, 0.1) is 19.7 Å². The van der Waals surface area contributed by atoms with E-state index in [1.54, 1.807) is 4.90 Å². The quantitative estimate of drug-likeness (QED) is 0.727. The highest BCUT2D eigenvalue weighted by molar-refractivity contribution is 7.89. The number of carbonyl (C=O) groups excluding carboxylic acids is 1. The van der Waals surface area contributed by atoms with Gasteiger partial charge >= 0.3 is 0 Å². The summed E-state index contributed by atoms with van der Waals surface area (Å²) in [5.74, 6) is -0.757. The predicted molar refractivity (Wildman–Crippen MR) is 110 cm³/mol. The molecular weight excluding hydrogens is 417 g/mol. The molecule has 0 N–H and O–H groups in total. The molecule has 1 aromatic carbocycles. The molecule has 6 nitrogen and oxygen atoms in total. The zero-order chi connectivity index (χ0) is 21.5. The maximum absolute atomic E-state index is 13.4. The van der Waals surface area contributed by atoms with E-state index in [4.69, 9.17) is 11.6 Å². The number of benzene rings is 1. The molecule has 3 rings (SSSR count). The Kier molecular flexibility index (Phi) is 6.08. The molecule has 2 aromatic rings. The molecule has 1 aromatic heterocycles. The molecule has 29 heavy (non-hydrogen) atoms. The molecule has 0 atom stereocenters. The van der Waals surface area contributed by atoms with Crippen molar-refractivity contribution in [1.29, 1.82) is 0 Å². The van der Waals surface area contributed by atoms with Gasteiger partial charge in [0.25, 0.3) is 5.91 Å². The lowest BCUT2D eigenvalue weighted by Gasteiger charge is -2.34. The van der Waals surface area contributed by atoms with Crippen molar-refractivity contribution >= 4 is 27.5 Å². The van der Waals surface area contributed by atoms with E-state index >= 15 is 0 Å². The number of halogens is 2. The van der Waals surface area contributed by atoms with Crippen molar-refractivity contribution in [3.8, 4) is 0 Å². The molecule has 1 aliphatic rings. The predicted octanol–water partition coefficient (Wildman–Crippen LogP) is 3.63. The normalized spacial score (nSPS) is 15.9. The van der Waals surface area contributed by atoms with Crippen molar-refractivity contribution in [1.82, 2.24) is 13.8 Å². The van der Waals surface area contributed by atoms with E-state index in [-0.39, 0.29) is 35.0 Å². The number of aryl methyl sites for hydroxylation is 1. The lowest BCUT2D eigenvalue weighted by molar-refractivity contribution is 0.0697. The third kappa shape index (κ3) is 4.06. The molecule has 0 aliphatic carbocycles. The number of sulfonamides is 1. The first kappa shape index (κ1) is 21.8. The Hall–Kier alpha value is -1.90. The van der Waals surface area contributed by atoms with Gasteiger partial charge in [0, 0.05) is 43.6 Å². The van der Waals surface area contributed by atoms with Gasteiger partial charge < -0.3 is 9.47 Å². The smallest absolute Gasteiger partial charge is 0.255 e. The van der Waals surface area contributed by atoms with E-state index in [1.165, 1.54) is 10.4 Å². The van der Waals surface area contributed by atoms with Crippen molar-refractivity contribution in [2.24, 2.45) is 0 Å². The van der Waals surface area contributed by atoms with E-state index in [2.05, 4.69) is 18.4 Å². The van der Waals surface area contributed by atoms with Crippen molar-refractivity contribution in [2.75, 3.05) is 26.2 Å². The molecule has 9 heteroatoms. The number of carbonyl (C=O) groups is 1. The number of rotatable bonds is 4. The first-order valence-electron chi connectivity index (χ1n) is 9.47. The fourth-order valence-electron chi connectivity index (χ4n) is 3.88. The SMILES string of the molecule is Cc1cc(C(=O)N2CCN(S(=O)(=O)c3ccc(F)c(Cl)c3)CC2)c(C)n1C(C)C. The number of aromatic nitrogens is 1. The fourth-order valence-corrected chi connectivity index (χ4v) is 5.57. The molecule has 0 bridgehead atoms. The maximum atomic E-state index is 13.4. The Morgan fingerprint density at radius 2 is 1.72 bits per heavy atom. The summed E-state index contributed by atoms with van der Waals surface area (Å²) in [4.78, 5) is 14.6. The molecule has 0 radical (unpaired) electrons. The van der Waals surface area contributed by atoms with E-state index < -0.39 is 15.8 Å². The van der Waals surface area contributed by atoms with Crippen LogP contribution < -0.4 is 0 Å². The lowest BCUT2D eigenvalue weighted by Crippen LogP contribution is -2.50. The summed E-state index contributed by atoms with van der Waals surface area (Å²) in [5.41, 5.74) is 2.59. The fraction of sp³-hybridized carbons (Fsp3) is 0.450. The number of nitrogens with zero attached hydrogens (tertiary/aromatic N) is 3. The highest BCUT2D eigenvalue weighted by atomic mass is 35.5. The molecule has 0 saturated carbocycles. The van der Waals surface area contributed by atoms with Crippen LogP contribution in [-0.4, -0.2) is 54.3 Å². The molecule has 0 unspecified atom stereocenters. The average molecular weight is 442 g/mol. The van der Waals surface area contributed by atoms with Gasteiger partial charge in [-0.05, 0) is 52.0 Å². The van der Waals surface area contributed by atoms with Crippen LogP contribution in [0.15, 0.2) is 29.2 Å². The first-order valence-corrected chi connectivity index (χ1v) is 11.3. The second kappa shape index (κ2) is 8.08. The van der Waals surface area contributed by atoms with Gasteiger partial charge in [-0.3, -0.25) is 4.79 Å². The standard InChI is InChI=1S/C20H25ClFN3O3S/c1-13(2)25-14(3)11-17(15(25)4)20(26)23-7-9-24(10-8-23)29(27,28)16-5-6-19(22)18(21)12-16/h5-6,11-13H,7-10H2,1-4H3. The number of hydrogen-bond donors (Lipinski definition) is 0. The van der Waals surface area contributed by atoms with Crippen molar-refractivity contribution in [3.63, 3.8) is 0 Å². The van der Waals surface area contributed by atoms with Crippen LogP contribution in [0.4, 0.5) is 4.39 Å². The zero-order valence-corrected chi connectivity index (χ0v) is 18.5. The van der Waals surface area contributed by atoms with Crippen molar-refractivity contribution < 1.29 is 17.6 Å². The van der Waals surface area contributed by atoms with E-state index in [1.807, 2.05) is 19.9 Å². The highest BCUT2D eigenvalue weighted by Crippen LogP contribution is 2.25. The van der Waals surface area contributed by atoms with Crippen LogP contribution in [0.5, 0.6) is 0 Å². The third-order valence-electron chi connectivity index (χ3n) is 5.29. The van der Waals surface area contributed by atoms with Gasteiger partial charge in [-0.1, -0.05) is 11.6 Å². The molecule has 1 saturated heterocycles. The summed E-state index contributed by atoms with van der Waals surface area (Å²) >= 11 is 5.73. The summed E-state index contributed by atoms with van der Waals surface area (Å²) in [5, 5.41) is -0.236. The van der Waals surface area contributed by atoms with Gasteiger partial charge in [0.1, 0.15) is 5.82 Å². The lowest BCUT2D eigenvalue weighted by atomic mass is 10.2. The summed E-state index contributed by atoms with van der Waals surface area (Å²) in [6.07, 6.45) is 0. The van der Waals surface area contributed by atoms with Crippen LogP contribution in [0.1, 0.15) is 41.6 Å². The van der Waals surface area contributed by atoms with Crippen LogP contribution in [0.2, 0.25) is 5.02 Å². The van der Waals surface area contributed by atoms with Crippen LogP contribution >= 0.6 is 11.6 Å². The Morgan fingerprint density at radius 3 is 2.24 bits per heavy atom. The molecular formula is C20H25ClFN3O3S. The van der Waals surface area contributed by atoms with Gasteiger partial charge in [0.05, 0.1) is 15.5 Å². The van der Waals surface area contributed by atoms with E-state index in [0.717, 1.165) is 23.5 Å².